The van der Waals surface area contributed by atoms with Gasteiger partial charge < -0.3 is 5.11 Å². The number of fused-ring (bicyclic) bond motifs is 1. The Hall–Kier alpha value is -3.18. The number of hydrogen-bond donors (Lipinski definition) is 2. The second-order valence-corrected chi connectivity index (χ2v) is 10.9. The van der Waals surface area contributed by atoms with Crippen LogP contribution in [-0.4, -0.2) is 25.5 Å². The lowest BCUT2D eigenvalue weighted by atomic mass is 9.82. The van der Waals surface area contributed by atoms with Gasteiger partial charge in [0.25, 0.3) is 0 Å². The molecule has 0 amide bonds. The molecule has 180 valence electrons. The number of nitrogens with one attached hydrogen (secondary N) is 1. The lowest BCUT2D eigenvalue weighted by Crippen LogP contribution is -2.39. The molecule has 0 heterocycles. The number of carboxylic acids is 1. The zero-order valence-corrected chi connectivity index (χ0v) is 20.6. The molecule has 4 rings (SSSR count). The summed E-state index contributed by atoms with van der Waals surface area (Å²) in [5.74, 6) is -0.852. The first-order valence-electron chi connectivity index (χ1n) is 11.4. The number of carbonyl (C=O) groups is 1. The molecular weight excluding hydrogens is 484 g/mol. The Kier molecular flexibility index (Phi) is 7.56. The number of aryl methyl sites for hydroxylation is 1. The summed E-state index contributed by atoms with van der Waals surface area (Å²) >= 11 is 5.89. The number of rotatable bonds is 8. The van der Waals surface area contributed by atoms with Crippen LogP contribution in [0, 0.1) is 11.3 Å². The molecule has 0 aromatic heterocycles. The fourth-order valence-corrected chi connectivity index (χ4v) is 6.01. The first kappa shape index (κ1) is 24.9. The van der Waals surface area contributed by atoms with Gasteiger partial charge in [0.1, 0.15) is 0 Å². The largest absolute Gasteiger partial charge is 0.481 e. The van der Waals surface area contributed by atoms with Crippen LogP contribution >= 0.6 is 11.6 Å². The van der Waals surface area contributed by atoms with Crippen LogP contribution in [-0.2, 0) is 40.5 Å². The van der Waals surface area contributed by atoms with Crippen LogP contribution in [0.5, 0.6) is 0 Å². The second kappa shape index (κ2) is 10.6. The van der Waals surface area contributed by atoms with Crippen LogP contribution < -0.4 is 4.72 Å². The van der Waals surface area contributed by atoms with Gasteiger partial charge in [-0.05, 0) is 96.3 Å². The van der Waals surface area contributed by atoms with Crippen molar-refractivity contribution in [2.45, 2.75) is 49.5 Å². The summed E-state index contributed by atoms with van der Waals surface area (Å²) in [6.45, 7) is 0. The van der Waals surface area contributed by atoms with Gasteiger partial charge in [-0.2, -0.15) is 5.26 Å². The third-order valence-electron chi connectivity index (χ3n) is 6.22. The molecule has 6 nitrogen and oxygen atoms in total. The van der Waals surface area contributed by atoms with Gasteiger partial charge >= 0.3 is 5.97 Å². The van der Waals surface area contributed by atoms with Gasteiger partial charge in [0, 0.05) is 17.5 Å². The smallest absolute Gasteiger partial charge is 0.303 e. The highest BCUT2D eigenvalue weighted by molar-refractivity contribution is 7.89. The molecule has 1 aliphatic rings. The predicted octanol–water partition coefficient (Wildman–Crippen LogP) is 4.66. The number of sulfonamides is 1. The maximum Gasteiger partial charge on any atom is 0.303 e. The Balaban J connectivity index is 1.60. The average molecular weight is 509 g/mol. The minimum atomic E-state index is -3.69. The van der Waals surface area contributed by atoms with Gasteiger partial charge in [-0.3, -0.25) is 4.79 Å². The molecule has 0 aliphatic heterocycles. The van der Waals surface area contributed by atoms with E-state index in [1.807, 2.05) is 18.2 Å². The van der Waals surface area contributed by atoms with Crippen molar-refractivity contribution in [3.05, 3.63) is 99.1 Å². The van der Waals surface area contributed by atoms with E-state index in [1.54, 1.807) is 18.2 Å². The van der Waals surface area contributed by atoms with Crippen LogP contribution in [0.3, 0.4) is 0 Å². The molecule has 0 spiro atoms. The number of benzene rings is 3. The first-order chi connectivity index (χ1) is 16.7. The molecule has 0 bridgehead atoms. The molecule has 3 aromatic carbocycles. The molecule has 1 unspecified atom stereocenters. The van der Waals surface area contributed by atoms with E-state index >= 15 is 0 Å². The van der Waals surface area contributed by atoms with Gasteiger partial charge in [0.2, 0.25) is 10.0 Å². The van der Waals surface area contributed by atoms with E-state index in [4.69, 9.17) is 11.6 Å². The molecule has 2 N–H and O–H groups in total. The molecule has 1 aliphatic carbocycles. The molecule has 0 fully saturated rings. The van der Waals surface area contributed by atoms with Crippen molar-refractivity contribution in [1.29, 1.82) is 5.26 Å². The van der Waals surface area contributed by atoms with Gasteiger partial charge in [0.05, 0.1) is 16.5 Å². The van der Waals surface area contributed by atoms with E-state index in [9.17, 15) is 23.6 Å². The van der Waals surface area contributed by atoms with Gasteiger partial charge in [-0.15, -0.1) is 0 Å². The highest BCUT2D eigenvalue weighted by Crippen LogP contribution is 2.29. The van der Waals surface area contributed by atoms with E-state index in [1.165, 1.54) is 12.1 Å². The maximum atomic E-state index is 12.9. The minimum absolute atomic E-state index is 0.0342. The topological polar surface area (TPSA) is 107 Å². The van der Waals surface area contributed by atoms with Crippen LogP contribution in [0.2, 0.25) is 5.02 Å². The third-order valence-corrected chi connectivity index (χ3v) is 8.01. The third kappa shape index (κ3) is 6.29. The van der Waals surface area contributed by atoms with Crippen molar-refractivity contribution in [2.75, 3.05) is 0 Å². The fraction of sp³-hybridized carbons (Fsp3) is 0.259. The standard InChI is InChI=1S/C27H25ClN2O4S/c28-23-5-8-25(9-6-23)35(33,34)30-24-7-10-26-21(4-11-27(31)32)14-20(15-22(26)16-24)13-18-2-1-3-19(12-18)17-29/h1-3,5-6,8-9,12,14-15,24,30H,4,7,10-11,13,16H2,(H,31,32). The highest BCUT2D eigenvalue weighted by Gasteiger charge is 2.26. The summed E-state index contributed by atoms with van der Waals surface area (Å²) < 4.78 is 28.6. The second-order valence-electron chi connectivity index (χ2n) is 8.79. The van der Waals surface area contributed by atoms with Crippen molar-refractivity contribution >= 4 is 27.6 Å². The van der Waals surface area contributed by atoms with Crippen molar-refractivity contribution in [1.82, 2.24) is 4.72 Å². The molecule has 35 heavy (non-hydrogen) atoms. The minimum Gasteiger partial charge on any atom is -0.481 e. The Labute approximate surface area is 210 Å². The van der Waals surface area contributed by atoms with E-state index in [2.05, 4.69) is 22.9 Å². The number of halogens is 1. The van der Waals surface area contributed by atoms with Crippen LogP contribution in [0.15, 0.2) is 65.6 Å². The predicted molar refractivity (Wildman–Crippen MR) is 134 cm³/mol. The summed E-state index contributed by atoms with van der Waals surface area (Å²) in [5, 5.41) is 18.9. The maximum absolute atomic E-state index is 12.9. The SMILES string of the molecule is N#Cc1cccc(Cc2cc(CCC(=O)O)c3c(c2)CC(NS(=O)(=O)c2ccc(Cl)cc2)CC3)c1. The van der Waals surface area contributed by atoms with Crippen molar-refractivity contribution in [3.8, 4) is 6.07 Å². The van der Waals surface area contributed by atoms with E-state index in [-0.39, 0.29) is 17.4 Å². The quantitative estimate of drug-likeness (QED) is 0.460. The Morgan fingerprint density at radius 1 is 1.11 bits per heavy atom. The fourth-order valence-electron chi connectivity index (χ4n) is 4.61. The molecule has 3 aromatic rings. The summed E-state index contributed by atoms with van der Waals surface area (Å²) in [6.07, 6.45) is 2.88. The normalized spacial score (nSPS) is 15.3. The lowest BCUT2D eigenvalue weighted by molar-refractivity contribution is -0.136. The van der Waals surface area contributed by atoms with E-state index in [0.29, 0.717) is 42.7 Å². The summed E-state index contributed by atoms with van der Waals surface area (Å²) in [4.78, 5) is 11.4. The zero-order chi connectivity index (χ0) is 25.0. The first-order valence-corrected chi connectivity index (χ1v) is 13.2. The number of aliphatic carboxylic acids is 1. The van der Waals surface area contributed by atoms with Gasteiger partial charge in [0.15, 0.2) is 0 Å². The van der Waals surface area contributed by atoms with Gasteiger partial charge in [-0.25, -0.2) is 13.1 Å². The Morgan fingerprint density at radius 2 is 1.89 bits per heavy atom. The van der Waals surface area contributed by atoms with E-state index < -0.39 is 16.0 Å². The van der Waals surface area contributed by atoms with E-state index in [0.717, 1.165) is 27.8 Å². The zero-order valence-electron chi connectivity index (χ0n) is 19.0. The van der Waals surface area contributed by atoms with Crippen LogP contribution in [0.25, 0.3) is 0 Å². The van der Waals surface area contributed by atoms with Crippen LogP contribution in [0.4, 0.5) is 0 Å². The number of nitrogens with zero attached hydrogens (tertiary/aromatic N) is 1. The van der Waals surface area contributed by atoms with Crippen LogP contribution in [0.1, 0.15) is 46.2 Å². The number of carboxylic acid groups (broad SMARTS) is 1. The Bertz CT molecular complexity index is 1400. The monoisotopic (exact) mass is 508 g/mol. The summed E-state index contributed by atoms with van der Waals surface area (Å²) in [6, 6.07) is 19.5. The molecule has 8 heteroatoms. The number of hydrogen-bond acceptors (Lipinski definition) is 4. The average Bonchev–Trinajstić information content (AvgIpc) is 2.82. The van der Waals surface area contributed by atoms with Crippen molar-refractivity contribution < 1.29 is 18.3 Å². The molecule has 0 radical (unpaired) electrons. The summed E-state index contributed by atoms with van der Waals surface area (Å²) in [7, 11) is -3.69. The van der Waals surface area contributed by atoms with Gasteiger partial charge in [-0.1, -0.05) is 35.9 Å². The number of nitriles is 1. The Morgan fingerprint density at radius 3 is 2.60 bits per heavy atom. The highest BCUT2D eigenvalue weighted by atomic mass is 35.5. The van der Waals surface area contributed by atoms with Crippen molar-refractivity contribution in [3.63, 3.8) is 0 Å². The molecular formula is C27H25ClN2O4S. The lowest BCUT2D eigenvalue weighted by Gasteiger charge is -2.28. The molecule has 0 saturated heterocycles. The summed E-state index contributed by atoms with van der Waals surface area (Å²) in [5.41, 5.74) is 5.74. The van der Waals surface area contributed by atoms with Crippen molar-refractivity contribution in [2.24, 2.45) is 0 Å². The molecule has 1 atom stereocenters. The molecule has 0 saturated carbocycles.